The van der Waals surface area contributed by atoms with Gasteiger partial charge in [0.1, 0.15) is 0 Å². The summed E-state index contributed by atoms with van der Waals surface area (Å²) in [7, 11) is 0. The average Bonchev–Trinajstić information content (AvgIpc) is 3.41. The number of thiophene rings is 1. The van der Waals surface area contributed by atoms with E-state index in [2.05, 4.69) is 47.6 Å². The minimum atomic E-state index is -0.0833. The van der Waals surface area contributed by atoms with Gasteiger partial charge in [-0.25, -0.2) is 0 Å². The predicted octanol–water partition coefficient (Wildman–Crippen LogP) is 6.14. The molecule has 0 spiro atoms. The van der Waals surface area contributed by atoms with Gasteiger partial charge in [-0.3, -0.25) is 4.79 Å². The summed E-state index contributed by atoms with van der Waals surface area (Å²) < 4.78 is 5.62. The van der Waals surface area contributed by atoms with Gasteiger partial charge in [0.15, 0.2) is 0 Å². The van der Waals surface area contributed by atoms with Crippen molar-refractivity contribution < 1.29 is 9.21 Å². The van der Waals surface area contributed by atoms with Crippen molar-refractivity contribution in [2.24, 2.45) is 0 Å². The quantitative estimate of drug-likeness (QED) is 0.378. The molecule has 0 bridgehead atoms. The van der Waals surface area contributed by atoms with Crippen LogP contribution in [0.4, 0.5) is 5.69 Å². The zero-order valence-corrected chi connectivity index (χ0v) is 18.3. The molecule has 152 valence electrons. The number of anilines is 1. The third-order valence-corrected chi connectivity index (χ3v) is 6.37. The van der Waals surface area contributed by atoms with Crippen LogP contribution in [0, 0.1) is 13.8 Å². The molecular formula is C23H21N3O2S2. The molecule has 2 aromatic heterocycles. The molecule has 0 aliphatic carbocycles. The van der Waals surface area contributed by atoms with Crippen LogP contribution in [0.25, 0.3) is 11.5 Å². The molecule has 0 fully saturated rings. The summed E-state index contributed by atoms with van der Waals surface area (Å²) in [6.07, 6.45) is 0.688. The number of nitrogens with zero attached hydrogens (tertiary/aromatic N) is 2. The summed E-state index contributed by atoms with van der Waals surface area (Å²) in [6.45, 7) is 4.22. The number of aryl methyl sites for hydroxylation is 3. The fourth-order valence-corrected chi connectivity index (χ4v) is 4.46. The number of rotatable bonds is 7. The molecule has 0 aliphatic rings. The first-order valence-electron chi connectivity index (χ1n) is 9.57. The van der Waals surface area contributed by atoms with Crippen molar-refractivity contribution in [3.8, 4) is 11.5 Å². The van der Waals surface area contributed by atoms with Gasteiger partial charge in [0.05, 0.1) is 0 Å². The third kappa shape index (κ3) is 5.17. The first-order chi connectivity index (χ1) is 14.6. The molecule has 2 heterocycles. The molecular weight excluding hydrogens is 414 g/mol. The second-order valence-electron chi connectivity index (χ2n) is 6.96. The number of hydrogen-bond acceptors (Lipinski definition) is 6. The number of carbonyl (C=O) groups is 1. The molecule has 4 aromatic rings. The van der Waals surface area contributed by atoms with Gasteiger partial charge in [0.2, 0.25) is 17.7 Å². The molecule has 2 aromatic carbocycles. The Bertz CT molecular complexity index is 1140. The Morgan fingerprint density at radius 2 is 1.93 bits per heavy atom. The lowest BCUT2D eigenvalue weighted by Gasteiger charge is -2.08. The highest BCUT2D eigenvalue weighted by molar-refractivity contribution is 7.99. The van der Waals surface area contributed by atoms with E-state index < -0.39 is 0 Å². The van der Waals surface area contributed by atoms with Crippen molar-refractivity contribution in [1.82, 2.24) is 10.2 Å². The van der Waals surface area contributed by atoms with Crippen LogP contribution in [-0.4, -0.2) is 16.1 Å². The van der Waals surface area contributed by atoms with Gasteiger partial charge >= 0.3 is 0 Å². The van der Waals surface area contributed by atoms with E-state index in [-0.39, 0.29) is 12.3 Å². The molecule has 1 amide bonds. The Balaban J connectivity index is 1.29. The second-order valence-corrected chi connectivity index (χ2v) is 8.85. The fourth-order valence-electron chi connectivity index (χ4n) is 2.95. The van der Waals surface area contributed by atoms with Gasteiger partial charge < -0.3 is 9.73 Å². The van der Waals surface area contributed by atoms with E-state index in [0.29, 0.717) is 18.2 Å². The topological polar surface area (TPSA) is 68.0 Å². The van der Waals surface area contributed by atoms with E-state index >= 15 is 0 Å². The highest BCUT2D eigenvalue weighted by Crippen LogP contribution is 2.31. The fraction of sp³-hybridized carbons (Fsp3) is 0.174. The lowest BCUT2D eigenvalue weighted by atomic mass is 10.2. The van der Waals surface area contributed by atoms with E-state index in [9.17, 15) is 4.79 Å². The maximum Gasteiger partial charge on any atom is 0.248 e. The van der Waals surface area contributed by atoms with Crippen molar-refractivity contribution in [3.05, 3.63) is 76.3 Å². The van der Waals surface area contributed by atoms with Gasteiger partial charge in [0, 0.05) is 39.3 Å². The van der Waals surface area contributed by atoms with Crippen molar-refractivity contribution in [2.45, 2.75) is 36.5 Å². The lowest BCUT2D eigenvalue weighted by Crippen LogP contribution is -2.12. The summed E-state index contributed by atoms with van der Waals surface area (Å²) in [5.74, 6) is 0.871. The van der Waals surface area contributed by atoms with Crippen molar-refractivity contribution in [3.63, 3.8) is 0 Å². The minimum absolute atomic E-state index is 0.0833. The number of aromatic nitrogens is 2. The number of carbonyl (C=O) groups excluding carboxylic acids is 1. The normalized spacial score (nSPS) is 10.9. The Morgan fingerprint density at radius 3 is 2.67 bits per heavy atom. The van der Waals surface area contributed by atoms with Crippen LogP contribution in [0.15, 0.2) is 73.5 Å². The van der Waals surface area contributed by atoms with E-state index in [4.69, 9.17) is 4.42 Å². The number of benzene rings is 2. The zero-order chi connectivity index (χ0) is 20.9. The van der Waals surface area contributed by atoms with Gasteiger partial charge in [0.25, 0.3) is 0 Å². The van der Waals surface area contributed by atoms with Crippen molar-refractivity contribution in [2.75, 3.05) is 5.32 Å². The molecule has 30 heavy (non-hydrogen) atoms. The molecule has 0 saturated carbocycles. The SMILES string of the molecule is Cc1ccc(Sc2ccc(NC(=O)CCc3nnc(-c4ccsc4)o3)cc2)c(C)c1. The van der Waals surface area contributed by atoms with Gasteiger partial charge in [-0.15, -0.1) is 10.2 Å². The summed E-state index contributed by atoms with van der Waals surface area (Å²) in [4.78, 5) is 14.6. The monoisotopic (exact) mass is 435 g/mol. The molecule has 5 nitrogen and oxygen atoms in total. The average molecular weight is 436 g/mol. The highest BCUT2D eigenvalue weighted by atomic mass is 32.2. The van der Waals surface area contributed by atoms with E-state index in [1.54, 1.807) is 23.1 Å². The van der Waals surface area contributed by atoms with Crippen LogP contribution in [-0.2, 0) is 11.2 Å². The zero-order valence-electron chi connectivity index (χ0n) is 16.7. The highest BCUT2D eigenvalue weighted by Gasteiger charge is 2.11. The van der Waals surface area contributed by atoms with Crippen LogP contribution in [0.2, 0.25) is 0 Å². The summed E-state index contributed by atoms with van der Waals surface area (Å²) in [6, 6.07) is 16.3. The largest absolute Gasteiger partial charge is 0.421 e. The molecule has 0 atom stereocenters. The first kappa shape index (κ1) is 20.4. The van der Waals surface area contributed by atoms with Crippen LogP contribution in [0.1, 0.15) is 23.4 Å². The number of nitrogens with one attached hydrogen (secondary N) is 1. The Morgan fingerprint density at radius 1 is 1.10 bits per heavy atom. The molecule has 0 saturated heterocycles. The Kier molecular flexibility index (Phi) is 6.30. The van der Waals surface area contributed by atoms with Crippen LogP contribution < -0.4 is 5.32 Å². The maximum atomic E-state index is 12.3. The second kappa shape index (κ2) is 9.28. The standard InChI is InChI=1S/C23H21N3O2S2/c1-15-3-8-20(16(2)13-15)30-19-6-4-18(5-7-19)24-21(27)9-10-22-25-26-23(28-22)17-11-12-29-14-17/h3-8,11-14H,9-10H2,1-2H3,(H,24,27). The van der Waals surface area contributed by atoms with E-state index in [1.165, 1.54) is 16.0 Å². The third-order valence-electron chi connectivity index (χ3n) is 4.50. The van der Waals surface area contributed by atoms with Gasteiger partial charge in [-0.05, 0) is 61.2 Å². The van der Waals surface area contributed by atoms with Crippen LogP contribution >= 0.6 is 23.1 Å². The number of hydrogen-bond donors (Lipinski definition) is 1. The predicted molar refractivity (Wildman–Crippen MR) is 121 cm³/mol. The minimum Gasteiger partial charge on any atom is -0.421 e. The van der Waals surface area contributed by atoms with Gasteiger partial charge in [-0.1, -0.05) is 29.5 Å². The number of amides is 1. The lowest BCUT2D eigenvalue weighted by molar-refractivity contribution is -0.116. The van der Waals surface area contributed by atoms with Crippen molar-refractivity contribution in [1.29, 1.82) is 0 Å². The van der Waals surface area contributed by atoms with E-state index in [0.717, 1.165) is 16.1 Å². The van der Waals surface area contributed by atoms with Crippen LogP contribution in [0.5, 0.6) is 0 Å². The first-order valence-corrected chi connectivity index (χ1v) is 11.3. The molecule has 1 N–H and O–H groups in total. The Labute approximate surface area is 183 Å². The van der Waals surface area contributed by atoms with Crippen LogP contribution in [0.3, 0.4) is 0 Å². The maximum absolute atomic E-state index is 12.3. The molecule has 0 radical (unpaired) electrons. The van der Waals surface area contributed by atoms with E-state index in [1.807, 2.05) is 41.1 Å². The van der Waals surface area contributed by atoms with Crippen molar-refractivity contribution >= 4 is 34.7 Å². The Hall–Kier alpha value is -2.90. The molecule has 7 heteroatoms. The molecule has 4 rings (SSSR count). The van der Waals surface area contributed by atoms with Gasteiger partial charge in [-0.2, -0.15) is 11.3 Å². The molecule has 0 unspecified atom stereocenters. The summed E-state index contributed by atoms with van der Waals surface area (Å²) in [5.41, 5.74) is 4.20. The summed E-state index contributed by atoms with van der Waals surface area (Å²) >= 11 is 3.29. The molecule has 0 aliphatic heterocycles. The smallest absolute Gasteiger partial charge is 0.248 e. The summed E-state index contributed by atoms with van der Waals surface area (Å²) in [5, 5.41) is 14.9.